The van der Waals surface area contributed by atoms with Crippen LogP contribution in [-0.2, 0) is 0 Å². The third-order valence-electron chi connectivity index (χ3n) is 5.04. The van der Waals surface area contributed by atoms with Gasteiger partial charge in [0.25, 0.3) is 5.88 Å². The van der Waals surface area contributed by atoms with Crippen LogP contribution in [0.2, 0.25) is 0 Å². The minimum absolute atomic E-state index is 0.0302. The van der Waals surface area contributed by atoms with Crippen molar-refractivity contribution in [2.75, 3.05) is 0 Å². The fraction of sp³-hybridized carbons (Fsp3) is 0.429. The summed E-state index contributed by atoms with van der Waals surface area (Å²) < 4.78 is 21.9. The number of hydrogen-bond donors (Lipinski definition) is 2. The van der Waals surface area contributed by atoms with Gasteiger partial charge in [-0.05, 0) is 39.8 Å². The molecule has 8 nitrogen and oxygen atoms in total. The van der Waals surface area contributed by atoms with E-state index in [0.29, 0.717) is 5.88 Å². The van der Waals surface area contributed by atoms with Gasteiger partial charge in [0, 0.05) is 42.4 Å². The molecule has 4 rings (SSSR count). The topological polar surface area (TPSA) is 98.0 Å². The minimum Gasteiger partial charge on any atom is -0.507 e. The first-order valence-corrected chi connectivity index (χ1v) is 9.81. The molecular weight excluding hydrogens is 387 g/mol. The van der Waals surface area contributed by atoms with Crippen LogP contribution in [0.15, 0.2) is 36.8 Å². The molecule has 1 aliphatic rings. The number of aromatic nitrogens is 5. The Hall–Kier alpha value is -3.07. The normalized spacial score (nSPS) is 18.3. The molecule has 0 saturated carbocycles. The predicted octanol–water partition coefficient (Wildman–Crippen LogP) is 3.26. The maximum Gasteiger partial charge on any atom is 0.252 e. The number of ether oxygens (including phenoxy) is 1. The van der Waals surface area contributed by atoms with E-state index in [-0.39, 0.29) is 40.0 Å². The Morgan fingerprint density at radius 2 is 1.90 bits per heavy atom. The van der Waals surface area contributed by atoms with Crippen LogP contribution in [-0.4, -0.2) is 47.3 Å². The van der Waals surface area contributed by atoms with Crippen LogP contribution in [0.25, 0.3) is 17.1 Å². The Labute approximate surface area is 174 Å². The van der Waals surface area contributed by atoms with Gasteiger partial charge < -0.3 is 15.2 Å². The second-order valence-electron chi connectivity index (χ2n) is 8.93. The maximum absolute atomic E-state index is 14.5. The lowest BCUT2D eigenvalue weighted by molar-refractivity contribution is 0.0521. The van der Waals surface area contributed by atoms with Crippen LogP contribution >= 0.6 is 0 Å². The molecule has 1 saturated heterocycles. The summed E-state index contributed by atoms with van der Waals surface area (Å²) in [5.41, 5.74) is 0.150. The Morgan fingerprint density at radius 1 is 1.17 bits per heavy atom. The van der Waals surface area contributed by atoms with Crippen LogP contribution in [0.1, 0.15) is 40.5 Å². The SMILES string of the molecule is CC1(C)CC(Oc2cnc(-c3cc(F)c(-n4cccn4)cc3O)nn2)CC(C)(C)N1. The fourth-order valence-electron chi connectivity index (χ4n) is 4.24. The van der Waals surface area contributed by atoms with Crippen molar-refractivity contribution in [3.8, 4) is 28.7 Å². The number of nitrogens with zero attached hydrogens (tertiary/aromatic N) is 5. The van der Waals surface area contributed by atoms with Crippen molar-refractivity contribution < 1.29 is 14.2 Å². The van der Waals surface area contributed by atoms with E-state index in [0.717, 1.165) is 12.8 Å². The lowest BCUT2D eigenvalue weighted by atomic mass is 9.81. The number of phenolic OH excluding ortho intramolecular Hbond substituents is 1. The molecule has 0 aliphatic carbocycles. The van der Waals surface area contributed by atoms with E-state index in [1.54, 1.807) is 12.3 Å². The monoisotopic (exact) mass is 412 g/mol. The van der Waals surface area contributed by atoms with Gasteiger partial charge in [-0.2, -0.15) is 5.10 Å². The molecule has 2 aromatic heterocycles. The van der Waals surface area contributed by atoms with E-state index >= 15 is 0 Å². The number of aromatic hydroxyl groups is 1. The predicted molar refractivity (Wildman–Crippen MR) is 109 cm³/mol. The minimum atomic E-state index is -0.561. The molecule has 2 N–H and O–H groups in total. The van der Waals surface area contributed by atoms with Crippen molar-refractivity contribution in [1.82, 2.24) is 30.3 Å². The molecule has 158 valence electrons. The first kappa shape index (κ1) is 20.2. The number of halogens is 1. The van der Waals surface area contributed by atoms with E-state index in [2.05, 4.69) is 53.3 Å². The third kappa shape index (κ3) is 4.25. The van der Waals surface area contributed by atoms with Crippen molar-refractivity contribution in [3.63, 3.8) is 0 Å². The van der Waals surface area contributed by atoms with Gasteiger partial charge in [0.2, 0.25) is 0 Å². The Kier molecular flexibility index (Phi) is 4.93. The lowest BCUT2D eigenvalue weighted by Crippen LogP contribution is -2.60. The molecule has 9 heteroatoms. The van der Waals surface area contributed by atoms with Crippen LogP contribution in [0.3, 0.4) is 0 Å². The molecule has 0 amide bonds. The molecule has 0 unspecified atom stereocenters. The Bertz CT molecular complexity index is 1020. The molecule has 1 fully saturated rings. The summed E-state index contributed by atoms with van der Waals surface area (Å²) in [5, 5.41) is 26.1. The number of nitrogens with one attached hydrogen (secondary N) is 1. The zero-order valence-electron chi connectivity index (χ0n) is 17.4. The van der Waals surface area contributed by atoms with Crippen molar-refractivity contribution in [2.45, 2.75) is 57.7 Å². The molecule has 3 aromatic rings. The van der Waals surface area contributed by atoms with Gasteiger partial charge in [-0.15, -0.1) is 10.2 Å². The van der Waals surface area contributed by atoms with Crippen LogP contribution in [0, 0.1) is 5.82 Å². The highest BCUT2D eigenvalue weighted by atomic mass is 19.1. The number of hydrogen-bond acceptors (Lipinski definition) is 7. The van der Waals surface area contributed by atoms with Crippen molar-refractivity contribution >= 4 is 0 Å². The quantitative estimate of drug-likeness (QED) is 0.679. The van der Waals surface area contributed by atoms with Gasteiger partial charge in [0.15, 0.2) is 5.82 Å². The molecule has 1 aliphatic heterocycles. The lowest BCUT2D eigenvalue weighted by Gasteiger charge is -2.45. The molecule has 0 spiro atoms. The van der Waals surface area contributed by atoms with Crippen molar-refractivity contribution in [2.24, 2.45) is 0 Å². The maximum atomic E-state index is 14.5. The fourth-order valence-corrected chi connectivity index (χ4v) is 4.24. The second-order valence-corrected chi connectivity index (χ2v) is 8.93. The summed E-state index contributed by atoms with van der Waals surface area (Å²) in [7, 11) is 0. The highest BCUT2D eigenvalue weighted by Gasteiger charge is 2.39. The zero-order valence-corrected chi connectivity index (χ0v) is 17.4. The van der Waals surface area contributed by atoms with Crippen molar-refractivity contribution in [1.29, 1.82) is 0 Å². The number of piperidine rings is 1. The molecule has 0 bridgehead atoms. The molecule has 0 atom stereocenters. The number of phenols is 1. The average Bonchev–Trinajstić information content (AvgIpc) is 3.16. The first-order valence-electron chi connectivity index (χ1n) is 9.81. The highest BCUT2D eigenvalue weighted by Crippen LogP contribution is 2.32. The third-order valence-corrected chi connectivity index (χ3v) is 5.04. The standard InChI is InChI=1S/C21H25FN6O2/c1-20(2)10-13(11-21(3,4)27-20)30-18-12-23-19(26-25-18)14-8-15(22)16(9-17(14)29)28-7-5-6-24-28/h5-9,12-13,27,29H,10-11H2,1-4H3. The van der Waals surface area contributed by atoms with E-state index in [1.807, 2.05) is 0 Å². The van der Waals surface area contributed by atoms with Crippen molar-refractivity contribution in [3.05, 3.63) is 42.6 Å². The summed E-state index contributed by atoms with van der Waals surface area (Å²) in [5.74, 6) is -0.323. The van der Waals surface area contributed by atoms with Gasteiger partial charge in [-0.1, -0.05) is 0 Å². The van der Waals surface area contributed by atoms with Gasteiger partial charge in [-0.25, -0.2) is 14.1 Å². The average molecular weight is 412 g/mol. The van der Waals surface area contributed by atoms with Gasteiger partial charge in [0.05, 0.1) is 11.8 Å². The molecule has 3 heterocycles. The zero-order chi connectivity index (χ0) is 21.5. The summed E-state index contributed by atoms with van der Waals surface area (Å²) in [6.07, 6.45) is 6.17. The van der Waals surface area contributed by atoms with Crippen LogP contribution in [0.5, 0.6) is 11.6 Å². The largest absolute Gasteiger partial charge is 0.507 e. The van der Waals surface area contributed by atoms with E-state index in [1.165, 1.54) is 29.2 Å². The summed E-state index contributed by atoms with van der Waals surface area (Å²) >= 11 is 0. The van der Waals surface area contributed by atoms with E-state index in [9.17, 15) is 9.50 Å². The molecule has 1 aromatic carbocycles. The Morgan fingerprint density at radius 3 is 2.50 bits per heavy atom. The molecule has 30 heavy (non-hydrogen) atoms. The summed E-state index contributed by atoms with van der Waals surface area (Å²) in [4.78, 5) is 4.22. The Balaban J connectivity index is 1.53. The molecular formula is C21H25FN6O2. The number of benzene rings is 1. The van der Waals surface area contributed by atoms with E-state index in [4.69, 9.17) is 4.74 Å². The summed E-state index contributed by atoms with van der Waals surface area (Å²) in [6.45, 7) is 8.56. The smallest absolute Gasteiger partial charge is 0.252 e. The first-order chi connectivity index (χ1) is 14.1. The van der Waals surface area contributed by atoms with Gasteiger partial charge in [-0.3, -0.25) is 0 Å². The van der Waals surface area contributed by atoms with Crippen LogP contribution in [0.4, 0.5) is 4.39 Å². The van der Waals surface area contributed by atoms with Crippen LogP contribution < -0.4 is 10.1 Å². The molecule has 0 radical (unpaired) electrons. The van der Waals surface area contributed by atoms with Gasteiger partial charge in [0.1, 0.15) is 23.4 Å². The number of rotatable bonds is 4. The second kappa shape index (κ2) is 7.32. The van der Waals surface area contributed by atoms with E-state index < -0.39 is 5.82 Å². The summed E-state index contributed by atoms with van der Waals surface area (Å²) in [6, 6.07) is 4.12. The van der Waals surface area contributed by atoms with Gasteiger partial charge >= 0.3 is 0 Å². The highest BCUT2D eigenvalue weighted by molar-refractivity contribution is 5.66.